The van der Waals surface area contributed by atoms with Crippen LogP contribution < -0.4 is 0 Å². The molecule has 0 spiro atoms. The first-order valence-electron chi connectivity index (χ1n) is 5.25. The average Bonchev–Trinajstić information content (AvgIpc) is 2.24. The van der Waals surface area contributed by atoms with E-state index in [1.54, 1.807) is 28.3 Å². The highest BCUT2D eigenvalue weighted by Gasteiger charge is 2.36. The molecular formula is C10H22O4Si. The molecule has 0 rings (SSSR count). The highest BCUT2D eigenvalue weighted by molar-refractivity contribution is 6.60. The lowest BCUT2D eigenvalue weighted by Crippen LogP contribution is -2.42. The second-order valence-electron chi connectivity index (χ2n) is 3.56. The number of ketones is 1. The molecule has 0 amide bonds. The lowest BCUT2D eigenvalue weighted by atomic mass is 10.2. The molecule has 0 aromatic rings. The molecule has 0 saturated heterocycles. The molecule has 0 aliphatic rings. The number of hydrogen-bond donors (Lipinski definition) is 0. The Morgan fingerprint density at radius 3 is 1.93 bits per heavy atom. The molecule has 0 aromatic carbocycles. The van der Waals surface area contributed by atoms with Crippen molar-refractivity contribution in [2.24, 2.45) is 0 Å². The van der Waals surface area contributed by atoms with E-state index in [-0.39, 0.29) is 5.78 Å². The van der Waals surface area contributed by atoms with Crippen LogP contribution in [0, 0.1) is 0 Å². The SMILES string of the molecule is CO[Si](CCCCCC(C)=O)(OC)OC. The standard InChI is InChI=1S/C10H22O4Si/c1-10(11)8-6-5-7-9-15(12-2,13-3)14-4/h5-9H2,1-4H3. The fourth-order valence-corrected chi connectivity index (χ4v) is 3.24. The first-order valence-corrected chi connectivity index (χ1v) is 7.18. The van der Waals surface area contributed by atoms with E-state index in [9.17, 15) is 4.79 Å². The van der Waals surface area contributed by atoms with E-state index in [0.717, 1.165) is 25.3 Å². The van der Waals surface area contributed by atoms with Gasteiger partial charge in [-0.3, -0.25) is 0 Å². The summed E-state index contributed by atoms with van der Waals surface area (Å²) in [6.45, 7) is 1.62. The van der Waals surface area contributed by atoms with E-state index in [0.29, 0.717) is 6.42 Å². The zero-order chi connectivity index (χ0) is 11.7. The van der Waals surface area contributed by atoms with Gasteiger partial charge in [0.2, 0.25) is 0 Å². The molecule has 0 aliphatic heterocycles. The average molecular weight is 234 g/mol. The normalized spacial score (nSPS) is 11.7. The summed E-state index contributed by atoms with van der Waals surface area (Å²) in [5, 5.41) is 0. The zero-order valence-corrected chi connectivity index (χ0v) is 11.2. The van der Waals surface area contributed by atoms with Crippen molar-refractivity contribution in [1.29, 1.82) is 0 Å². The largest absolute Gasteiger partial charge is 0.500 e. The summed E-state index contributed by atoms with van der Waals surface area (Å²) >= 11 is 0. The lowest BCUT2D eigenvalue weighted by molar-refractivity contribution is -0.117. The van der Waals surface area contributed by atoms with Crippen molar-refractivity contribution < 1.29 is 18.1 Å². The molecule has 0 aromatic heterocycles. The summed E-state index contributed by atoms with van der Waals surface area (Å²) in [6.07, 6.45) is 3.61. The van der Waals surface area contributed by atoms with Crippen LogP contribution in [0.1, 0.15) is 32.6 Å². The minimum atomic E-state index is -2.38. The highest BCUT2D eigenvalue weighted by atomic mass is 28.4. The summed E-state index contributed by atoms with van der Waals surface area (Å²) in [6, 6.07) is 0.814. The Kier molecular flexibility index (Phi) is 7.86. The van der Waals surface area contributed by atoms with E-state index in [2.05, 4.69) is 0 Å². The number of unbranched alkanes of at least 4 members (excludes halogenated alkanes) is 2. The fraction of sp³-hybridized carbons (Fsp3) is 0.900. The van der Waals surface area contributed by atoms with Gasteiger partial charge in [-0.1, -0.05) is 6.42 Å². The lowest BCUT2D eigenvalue weighted by Gasteiger charge is -2.24. The first kappa shape index (κ1) is 14.8. The Balaban J connectivity index is 3.67. The van der Waals surface area contributed by atoms with Gasteiger partial charge in [-0.2, -0.15) is 0 Å². The molecule has 0 saturated carbocycles. The van der Waals surface area contributed by atoms with Crippen LogP contribution in [-0.2, 0) is 18.1 Å². The smallest absolute Gasteiger partial charge is 0.377 e. The van der Waals surface area contributed by atoms with Crippen molar-refractivity contribution >= 4 is 14.6 Å². The van der Waals surface area contributed by atoms with Crippen molar-refractivity contribution in [3.05, 3.63) is 0 Å². The summed E-state index contributed by atoms with van der Waals surface area (Å²) < 4.78 is 15.9. The van der Waals surface area contributed by atoms with Crippen molar-refractivity contribution in [2.45, 2.75) is 38.7 Å². The van der Waals surface area contributed by atoms with Gasteiger partial charge in [-0.05, 0) is 19.8 Å². The maximum atomic E-state index is 10.7. The van der Waals surface area contributed by atoms with Crippen molar-refractivity contribution in [2.75, 3.05) is 21.3 Å². The highest BCUT2D eigenvalue weighted by Crippen LogP contribution is 2.17. The van der Waals surface area contributed by atoms with Gasteiger partial charge < -0.3 is 18.1 Å². The van der Waals surface area contributed by atoms with Crippen LogP contribution in [0.25, 0.3) is 0 Å². The van der Waals surface area contributed by atoms with E-state index in [1.165, 1.54) is 0 Å². The molecule has 0 atom stereocenters. The number of Topliss-reactive ketones (excluding diaryl/α,β-unsaturated/α-hetero) is 1. The molecule has 0 fully saturated rings. The Hall–Kier alpha value is -0.233. The van der Waals surface area contributed by atoms with E-state index in [1.807, 2.05) is 0 Å². The number of carbonyl (C=O) groups excluding carboxylic acids is 1. The van der Waals surface area contributed by atoms with Crippen molar-refractivity contribution in [3.8, 4) is 0 Å². The zero-order valence-electron chi connectivity index (χ0n) is 10.2. The van der Waals surface area contributed by atoms with Gasteiger partial charge in [-0.15, -0.1) is 0 Å². The molecule has 0 radical (unpaired) electrons. The summed E-state index contributed by atoms with van der Waals surface area (Å²) in [7, 11) is 2.48. The fourth-order valence-electron chi connectivity index (χ4n) is 1.45. The van der Waals surface area contributed by atoms with E-state index < -0.39 is 8.80 Å². The molecule has 0 unspecified atom stereocenters. The maximum absolute atomic E-state index is 10.7. The predicted octanol–water partition coefficient (Wildman–Crippen LogP) is 2.01. The van der Waals surface area contributed by atoms with Crippen molar-refractivity contribution in [3.63, 3.8) is 0 Å². The number of carbonyl (C=O) groups is 1. The Morgan fingerprint density at radius 2 is 1.53 bits per heavy atom. The van der Waals surface area contributed by atoms with Crippen LogP contribution in [0.2, 0.25) is 6.04 Å². The molecular weight excluding hydrogens is 212 g/mol. The molecule has 0 bridgehead atoms. The van der Waals surface area contributed by atoms with Crippen LogP contribution >= 0.6 is 0 Å². The van der Waals surface area contributed by atoms with Gasteiger partial charge >= 0.3 is 8.80 Å². The Labute approximate surface area is 93.3 Å². The van der Waals surface area contributed by atoms with Gasteiger partial charge in [0.25, 0.3) is 0 Å². The van der Waals surface area contributed by atoms with Crippen LogP contribution in [0.4, 0.5) is 0 Å². The minimum absolute atomic E-state index is 0.253. The van der Waals surface area contributed by atoms with Gasteiger partial charge in [0, 0.05) is 33.8 Å². The quantitative estimate of drug-likeness (QED) is 0.452. The van der Waals surface area contributed by atoms with Crippen LogP contribution in [0.5, 0.6) is 0 Å². The minimum Gasteiger partial charge on any atom is -0.377 e. The third kappa shape index (κ3) is 6.04. The first-order chi connectivity index (χ1) is 7.10. The summed E-state index contributed by atoms with van der Waals surface area (Å²) in [5.74, 6) is 0.253. The molecule has 4 nitrogen and oxygen atoms in total. The van der Waals surface area contributed by atoms with E-state index >= 15 is 0 Å². The molecule has 90 valence electrons. The molecule has 5 heteroatoms. The third-order valence-electron chi connectivity index (χ3n) is 2.44. The summed E-state index contributed by atoms with van der Waals surface area (Å²) in [4.78, 5) is 10.7. The maximum Gasteiger partial charge on any atom is 0.500 e. The predicted molar refractivity (Wildman–Crippen MR) is 60.7 cm³/mol. The van der Waals surface area contributed by atoms with Crippen LogP contribution in [0.15, 0.2) is 0 Å². The Bertz CT molecular complexity index is 172. The van der Waals surface area contributed by atoms with Crippen molar-refractivity contribution in [1.82, 2.24) is 0 Å². The summed E-state index contributed by atoms with van der Waals surface area (Å²) in [5.41, 5.74) is 0. The van der Waals surface area contributed by atoms with Crippen LogP contribution in [-0.4, -0.2) is 35.9 Å². The van der Waals surface area contributed by atoms with Gasteiger partial charge in [0.1, 0.15) is 5.78 Å². The monoisotopic (exact) mass is 234 g/mol. The molecule has 0 heterocycles. The second kappa shape index (κ2) is 7.98. The molecule has 0 N–H and O–H groups in total. The van der Waals surface area contributed by atoms with Gasteiger partial charge in [0.05, 0.1) is 0 Å². The number of rotatable bonds is 9. The van der Waals surface area contributed by atoms with Crippen LogP contribution in [0.3, 0.4) is 0 Å². The second-order valence-corrected chi connectivity index (χ2v) is 6.65. The molecule has 0 aliphatic carbocycles. The van der Waals surface area contributed by atoms with Gasteiger partial charge in [-0.25, -0.2) is 0 Å². The van der Waals surface area contributed by atoms with Gasteiger partial charge in [0.15, 0.2) is 0 Å². The molecule has 15 heavy (non-hydrogen) atoms. The van der Waals surface area contributed by atoms with E-state index in [4.69, 9.17) is 13.3 Å². The number of hydrogen-bond acceptors (Lipinski definition) is 4. The topological polar surface area (TPSA) is 44.8 Å². The third-order valence-corrected chi connectivity index (χ3v) is 5.28. The Morgan fingerprint density at radius 1 is 1.00 bits per heavy atom.